The minimum atomic E-state index is -4.04. The molecule has 7 nitrogen and oxygen atoms in total. The Labute approximate surface area is 164 Å². The zero-order chi connectivity index (χ0) is 19.9. The number of hydrogen-bond acceptors (Lipinski definition) is 5. The third-order valence-corrected chi connectivity index (χ3v) is 7.09. The van der Waals surface area contributed by atoms with Gasteiger partial charge in [-0.25, -0.2) is 13.2 Å². The Balaban J connectivity index is 1.84. The fourth-order valence-electron chi connectivity index (χ4n) is 3.62. The fraction of sp³-hybridized carbons (Fsp3) is 0.350. The second kappa shape index (κ2) is 7.01. The Morgan fingerprint density at radius 2 is 1.75 bits per heavy atom. The SMILES string of the molecule is COc1ccc(N2C(=O)N(CC3CCC3)c3ccccc3S2(=O)=O)cc1OC. The van der Waals surface area contributed by atoms with E-state index in [1.807, 2.05) is 0 Å². The lowest BCUT2D eigenvalue weighted by Gasteiger charge is -2.39. The summed E-state index contributed by atoms with van der Waals surface area (Å²) in [5.41, 5.74) is 0.659. The minimum absolute atomic E-state index is 0.128. The van der Waals surface area contributed by atoms with E-state index in [1.165, 1.54) is 20.3 Å². The Hall–Kier alpha value is -2.74. The number of carbonyl (C=O) groups is 1. The molecule has 0 saturated heterocycles. The number of para-hydroxylation sites is 1. The van der Waals surface area contributed by atoms with Gasteiger partial charge in [0.15, 0.2) is 11.5 Å². The van der Waals surface area contributed by atoms with E-state index in [9.17, 15) is 13.2 Å². The van der Waals surface area contributed by atoms with Crippen molar-refractivity contribution in [3.63, 3.8) is 0 Å². The minimum Gasteiger partial charge on any atom is -0.493 e. The molecule has 1 fully saturated rings. The van der Waals surface area contributed by atoms with E-state index < -0.39 is 16.1 Å². The van der Waals surface area contributed by atoms with Crippen LogP contribution in [0, 0.1) is 5.92 Å². The van der Waals surface area contributed by atoms with E-state index in [2.05, 4.69) is 0 Å². The topological polar surface area (TPSA) is 76.2 Å². The number of amides is 2. The summed E-state index contributed by atoms with van der Waals surface area (Å²) in [7, 11) is -1.08. The molecule has 0 atom stereocenters. The smallest absolute Gasteiger partial charge is 0.343 e. The molecular formula is C20H22N2O5S. The fourth-order valence-corrected chi connectivity index (χ4v) is 5.21. The van der Waals surface area contributed by atoms with Crippen molar-refractivity contribution in [2.24, 2.45) is 5.92 Å². The van der Waals surface area contributed by atoms with Crippen molar-refractivity contribution in [1.82, 2.24) is 0 Å². The van der Waals surface area contributed by atoms with Gasteiger partial charge in [0.1, 0.15) is 4.90 Å². The van der Waals surface area contributed by atoms with Gasteiger partial charge >= 0.3 is 6.03 Å². The Morgan fingerprint density at radius 3 is 2.39 bits per heavy atom. The number of methoxy groups -OCH3 is 2. The van der Waals surface area contributed by atoms with Crippen molar-refractivity contribution >= 4 is 27.4 Å². The molecule has 0 radical (unpaired) electrons. The van der Waals surface area contributed by atoms with Crippen molar-refractivity contribution in [2.75, 3.05) is 30.0 Å². The molecular weight excluding hydrogens is 380 g/mol. The summed E-state index contributed by atoms with van der Waals surface area (Å²) in [5.74, 6) is 1.21. The van der Waals surface area contributed by atoms with Crippen molar-refractivity contribution in [3.8, 4) is 11.5 Å². The van der Waals surface area contributed by atoms with E-state index in [0.717, 1.165) is 23.6 Å². The number of urea groups is 1. The van der Waals surface area contributed by atoms with Gasteiger partial charge in [-0.15, -0.1) is 0 Å². The molecule has 1 heterocycles. The molecule has 0 N–H and O–H groups in total. The second-order valence-electron chi connectivity index (χ2n) is 6.97. The summed E-state index contributed by atoms with van der Waals surface area (Å²) in [5, 5.41) is 0. The standard InChI is InChI=1S/C20H22N2O5S/c1-26-17-11-10-15(12-18(17)27-2)22-20(23)21(13-14-6-5-7-14)16-8-3-4-9-19(16)28(22,24)25/h3-4,8-12,14H,5-7,13H2,1-2H3. The summed E-state index contributed by atoms with van der Waals surface area (Å²) in [6, 6.07) is 10.7. The number of sulfonamides is 1. The molecule has 28 heavy (non-hydrogen) atoms. The van der Waals surface area contributed by atoms with Crippen LogP contribution in [0.15, 0.2) is 47.4 Å². The number of ether oxygens (including phenoxy) is 2. The monoisotopic (exact) mass is 402 g/mol. The zero-order valence-corrected chi connectivity index (χ0v) is 16.6. The molecule has 0 spiro atoms. The van der Waals surface area contributed by atoms with Crippen LogP contribution in [-0.2, 0) is 10.0 Å². The zero-order valence-electron chi connectivity index (χ0n) is 15.8. The molecule has 0 aromatic heterocycles. The van der Waals surface area contributed by atoms with Crippen LogP contribution in [0.3, 0.4) is 0 Å². The van der Waals surface area contributed by atoms with Crippen molar-refractivity contribution < 1.29 is 22.7 Å². The first-order chi connectivity index (χ1) is 13.5. The maximum atomic E-state index is 13.3. The molecule has 4 rings (SSSR count). The van der Waals surface area contributed by atoms with Gasteiger partial charge in [0.05, 0.1) is 25.6 Å². The number of rotatable bonds is 5. The van der Waals surface area contributed by atoms with Crippen LogP contribution in [0.2, 0.25) is 0 Å². The molecule has 1 saturated carbocycles. The van der Waals surface area contributed by atoms with E-state index in [4.69, 9.17) is 9.47 Å². The Bertz CT molecular complexity index is 1020. The van der Waals surface area contributed by atoms with Gasteiger partial charge < -0.3 is 9.47 Å². The van der Waals surface area contributed by atoms with Gasteiger partial charge in [-0.1, -0.05) is 18.6 Å². The quantitative estimate of drug-likeness (QED) is 0.763. The van der Waals surface area contributed by atoms with E-state index >= 15 is 0 Å². The molecule has 1 aliphatic heterocycles. The number of carbonyl (C=O) groups excluding carboxylic acids is 1. The van der Waals surface area contributed by atoms with Crippen molar-refractivity contribution in [3.05, 3.63) is 42.5 Å². The Kier molecular flexibility index (Phi) is 4.66. The molecule has 1 aliphatic carbocycles. The van der Waals surface area contributed by atoms with Gasteiger partial charge in [0.25, 0.3) is 10.0 Å². The van der Waals surface area contributed by atoms with Gasteiger partial charge in [-0.05, 0) is 43.0 Å². The predicted molar refractivity (Wildman–Crippen MR) is 106 cm³/mol. The van der Waals surface area contributed by atoms with E-state index in [0.29, 0.717) is 29.6 Å². The molecule has 2 aromatic carbocycles. The average molecular weight is 402 g/mol. The van der Waals surface area contributed by atoms with Crippen LogP contribution >= 0.6 is 0 Å². The molecule has 0 unspecified atom stereocenters. The Morgan fingerprint density at radius 1 is 1.04 bits per heavy atom. The van der Waals surface area contributed by atoms with Crippen molar-refractivity contribution in [2.45, 2.75) is 24.2 Å². The number of nitrogens with zero attached hydrogens (tertiary/aromatic N) is 2. The molecule has 2 aliphatic rings. The summed E-state index contributed by atoms with van der Waals surface area (Å²) in [6.07, 6.45) is 3.25. The average Bonchev–Trinajstić information content (AvgIpc) is 2.66. The van der Waals surface area contributed by atoms with Crippen molar-refractivity contribution in [1.29, 1.82) is 0 Å². The normalized spacial score (nSPS) is 18.4. The number of benzene rings is 2. The highest BCUT2D eigenvalue weighted by molar-refractivity contribution is 7.94. The van der Waals surface area contributed by atoms with Crippen LogP contribution in [0.1, 0.15) is 19.3 Å². The highest BCUT2D eigenvalue weighted by Crippen LogP contribution is 2.41. The highest BCUT2D eigenvalue weighted by Gasteiger charge is 2.43. The summed E-state index contributed by atoms with van der Waals surface area (Å²) in [6.45, 7) is 0.509. The third kappa shape index (κ3) is 2.88. The lowest BCUT2D eigenvalue weighted by Crippen LogP contribution is -2.52. The maximum Gasteiger partial charge on any atom is 0.343 e. The maximum absolute atomic E-state index is 13.3. The van der Waals surface area contributed by atoms with Gasteiger partial charge in [0, 0.05) is 12.6 Å². The largest absolute Gasteiger partial charge is 0.493 e. The van der Waals surface area contributed by atoms with Gasteiger partial charge in [0.2, 0.25) is 0 Å². The van der Waals surface area contributed by atoms with Crippen LogP contribution in [0.25, 0.3) is 0 Å². The third-order valence-electron chi connectivity index (χ3n) is 5.35. The summed E-state index contributed by atoms with van der Waals surface area (Å²) in [4.78, 5) is 15.0. The molecule has 2 amide bonds. The van der Waals surface area contributed by atoms with E-state index in [1.54, 1.807) is 41.3 Å². The number of fused-ring (bicyclic) bond motifs is 1. The molecule has 148 valence electrons. The number of anilines is 2. The van der Waals surface area contributed by atoms with E-state index in [-0.39, 0.29) is 10.6 Å². The lowest BCUT2D eigenvalue weighted by molar-refractivity contribution is 0.248. The van der Waals surface area contributed by atoms with Gasteiger partial charge in [-0.2, -0.15) is 4.31 Å². The van der Waals surface area contributed by atoms with Crippen LogP contribution < -0.4 is 18.7 Å². The van der Waals surface area contributed by atoms with Crippen LogP contribution in [-0.4, -0.2) is 35.2 Å². The summed E-state index contributed by atoms with van der Waals surface area (Å²) >= 11 is 0. The van der Waals surface area contributed by atoms with Crippen LogP contribution in [0.4, 0.5) is 16.2 Å². The molecule has 8 heteroatoms. The van der Waals surface area contributed by atoms with Crippen LogP contribution in [0.5, 0.6) is 11.5 Å². The number of hydrogen-bond donors (Lipinski definition) is 0. The first kappa shape index (κ1) is 18.6. The first-order valence-electron chi connectivity index (χ1n) is 9.15. The van der Waals surface area contributed by atoms with Gasteiger partial charge in [-0.3, -0.25) is 4.90 Å². The second-order valence-corrected chi connectivity index (χ2v) is 8.72. The lowest BCUT2D eigenvalue weighted by atomic mass is 9.85. The summed E-state index contributed by atoms with van der Waals surface area (Å²) < 4.78 is 37.9. The molecule has 2 aromatic rings. The highest BCUT2D eigenvalue weighted by atomic mass is 32.2. The molecule has 0 bridgehead atoms. The first-order valence-corrected chi connectivity index (χ1v) is 10.6. The predicted octanol–water partition coefficient (Wildman–Crippen LogP) is 3.64.